The minimum absolute atomic E-state index is 0.191. The number of likely N-dealkylation sites (tertiary alicyclic amines) is 1. The van der Waals surface area contributed by atoms with Crippen LogP contribution in [0.1, 0.15) is 12.8 Å². The lowest BCUT2D eigenvalue weighted by Crippen LogP contribution is -2.36. The van der Waals surface area contributed by atoms with Gasteiger partial charge >= 0.3 is 0 Å². The third-order valence-corrected chi connectivity index (χ3v) is 2.37. The van der Waals surface area contributed by atoms with Crippen LogP contribution in [0.25, 0.3) is 0 Å². The van der Waals surface area contributed by atoms with Crippen LogP contribution in [0.2, 0.25) is 0 Å². The molecule has 86 valence electrons. The minimum atomic E-state index is -0.602. The van der Waals surface area contributed by atoms with E-state index in [-0.39, 0.29) is 13.2 Å². The van der Waals surface area contributed by atoms with E-state index in [1.54, 1.807) is 0 Å². The van der Waals surface area contributed by atoms with Crippen molar-refractivity contribution in [3.8, 4) is 0 Å². The molecule has 1 heterocycles. The molecule has 5 heteroatoms. The first kappa shape index (κ1) is 14.3. The Balaban J connectivity index is 0.000000364. The number of aliphatic hydroxyl groups is 2. The van der Waals surface area contributed by atoms with Crippen LogP contribution in [0.5, 0.6) is 0 Å². The van der Waals surface area contributed by atoms with Gasteiger partial charge in [-0.3, -0.25) is 0 Å². The fourth-order valence-electron chi connectivity index (χ4n) is 1.27. The Hall–Kier alpha value is 0.290. The Morgan fingerprint density at radius 3 is 2.07 bits per heavy atom. The summed E-state index contributed by atoms with van der Waals surface area (Å²) in [5.74, 6) is 0. The van der Waals surface area contributed by atoms with E-state index >= 15 is 0 Å². The molecule has 1 fully saturated rings. The molecule has 2 N–H and O–H groups in total. The van der Waals surface area contributed by atoms with Crippen molar-refractivity contribution in [3.63, 3.8) is 0 Å². The third kappa shape index (κ3) is 7.67. The fourth-order valence-corrected chi connectivity index (χ4v) is 1.27. The molecule has 0 atom stereocenters. The summed E-state index contributed by atoms with van der Waals surface area (Å²) in [6.07, 6.45) is 0.676. The van der Waals surface area contributed by atoms with Gasteiger partial charge in [0.15, 0.2) is 0 Å². The summed E-state index contributed by atoms with van der Waals surface area (Å²) in [6, 6.07) is 0. The molecule has 0 saturated carbocycles. The SMILES string of the molecule is OCCBr.OCCN1CCC(F)CC1. The van der Waals surface area contributed by atoms with E-state index < -0.39 is 6.17 Å². The van der Waals surface area contributed by atoms with Crippen molar-refractivity contribution >= 4 is 15.9 Å². The Labute approximate surface area is 93.0 Å². The molecule has 1 aliphatic heterocycles. The first-order valence-corrected chi connectivity index (χ1v) is 6.00. The van der Waals surface area contributed by atoms with Gasteiger partial charge in [0.1, 0.15) is 6.17 Å². The van der Waals surface area contributed by atoms with E-state index in [1.807, 2.05) is 0 Å². The molecule has 1 rings (SSSR count). The quantitative estimate of drug-likeness (QED) is 0.746. The van der Waals surface area contributed by atoms with E-state index in [4.69, 9.17) is 10.2 Å². The molecule has 0 unspecified atom stereocenters. The highest BCUT2D eigenvalue weighted by Crippen LogP contribution is 2.11. The van der Waals surface area contributed by atoms with Crippen molar-refractivity contribution in [2.24, 2.45) is 0 Å². The normalized spacial score (nSPS) is 18.9. The number of aliphatic hydroxyl groups excluding tert-OH is 2. The number of alkyl halides is 2. The Kier molecular flexibility index (Phi) is 10.0. The van der Waals surface area contributed by atoms with Gasteiger partial charge in [-0.15, -0.1) is 0 Å². The molecule has 0 spiro atoms. The van der Waals surface area contributed by atoms with Crippen LogP contribution in [0.4, 0.5) is 4.39 Å². The van der Waals surface area contributed by atoms with Gasteiger partial charge in [-0.05, 0) is 12.8 Å². The van der Waals surface area contributed by atoms with Gasteiger partial charge in [0, 0.05) is 25.0 Å². The van der Waals surface area contributed by atoms with Gasteiger partial charge in [0.05, 0.1) is 13.2 Å². The smallest absolute Gasteiger partial charge is 0.103 e. The van der Waals surface area contributed by atoms with Crippen molar-refractivity contribution in [1.29, 1.82) is 0 Å². The number of piperidine rings is 1. The lowest BCUT2D eigenvalue weighted by atomic mass is 10.1. The summed E-state index contributed by atoms with van der Waals surface area (Å²) in [4.78, 5) is 2.09. The lowest BCUT2D eigenvalue weighted by molar-refractivity contribution is 0.127. The Morgan fingerprint density at radius 2 is 1.71 bits per heavy atom. The van der Waals surface area contributed by atoms with Gasteiger partial charge in [-0.25, -0.2) is 4.39 Å². The van der Waals surface area contributed by atoms with Crippen LogP contribution < -0.4 is 0 Å². The molecule has 0 amide bonds. The summed E-state index contributed by atoms with van der Waals surface area (Å²) in [5.41, 5.74) is 0. The van der Waals surface area contributed by atoms with Crippen molar-refractivity contribution in [2.45, 2.75) is 19.0 Å². The van der Waals surface area contributed by atoms with Crippen LogP contribution >= 0.6 is 15.9 Å². The number of β-amino-alcohol motifs (C(OH)–C–C–N with tert-alkyl or cyclic N) is 1. The molecule has 3 nitrogen and oxygen atoms in total. The standard InChI is InChI=1S/C7H14FNO.C2H5BrO/c8-7-1-3-9(4-2-7)5-6-10;3-1-2-4/h7,10H,1-6H2;4H,1-2H2. The molecule has 0 aromatic heterocycles. The number of hydrogen-bond acceptors (Lipinski definition) is 3. The largest absolute Gasteiger partial charge is 0.396 e. The van der Waals surface area contributed by atoms with Gasteiger partial charge in [0.25, 0.3) is 0 Å². The second kappa shape index (κ2) is 9.83. The van der Waals surface area contributed by atoms with Gasteiger partial charge in [0.2, 0.25) is 0 Å². The van der Waals surface area contributed by atoms with Crippen molar-refractivity contribution < 1.29 is 14.6 Å². The number of halogens is 2. The van der Waals surface area contributed by atoms with Crippen LogP contribution in [0, 0.1) is 0 Å². The second-order valence-electron chi connectivity index (χ2n) is 3.15. The van der Waals surface area contributed by atoms with Crippen LogP contribution in [-0.4, -0.2) is 59.5 Å². The summed E-state index contributed by atoms with van der Waals surface area (Å²) in [5, 5.41) is 17.1. The van der Waals surface area contributed by atoms with Gasteiger partial charge < -0.3 is 15.1 Å². The molecule has 1 aliphatic rings. The number of hydrogen-bond donors (Lipinski definition) is 2. The maximum Gasteiger partial charge on any atom is 0.103 e. The fraction of sp³-hybridized carbons (Fsp3) is 1.00. The average Bonchev–Trinajstić information content (AvgIpc) is 2.22. The zero-order chi connectivity index (χ0) is 10.8. The number of rotatable bonds is 3. The molecular weight excluding hydrogens is 253 g/mol. The van der Waals surface area contributed by atoms with Gasteiger partial charge in [-0.1, -0.05) is 15.9 Å². The lowest BCUT2D eigenvalue weighted by Gasteiger charge is -2.27. The maximum atomic E-state index is 12.5. The van der Waals surface area contributed by atoms with Crippen LogP contribution in [0.15, 0.2) is 0 Å². The minimum Gasteiger partial charge on any atom is -0.396 e. The molecule has 1 saturated heterocycles. The molecule has 0 aromatic rings. The molecule has 0 aromatic carbocycles. The monoisotopic (exact) mass is 271 g/mol. The molecule has 0 aliphatic carbocycles. The summed E-state index contributed by atoms with van der Waals surface area (Å²) < 4.78 is 12.5. The summed E-state index contributed by atoms with van der Waals surface area (Å²) >= 11 is 3.00. The predicted molar refractivity (Wildman–Crippen MR) is 58.5 cm³/mol. The number of nitrogens with zero attached hydrogens (tertiary/aromatic N) is 1. The molecular formula is C9H19BrFNO2. The third-order valence-electron chi connectivity index (χ3n) is 2.02. The van der Waals surface area contributed by atoms with E-state index in [9.17, 15) is 4.39 Å². The predicted octanol–water partition coefficient (Wildman–Crippen LogP) is 0.786. The molecule has 0 bridgehead atoms. The zero-order valence-electron chi connectivity index (χ0n) is 8.33. The van der Waals surface area contributed by atoms with Crippen molar-refractivity contribution in [3.05, 3.63) is 0 Å². The first-order valence-electron chi connectivity index (χ1n) is 4.88. The highest BCUT2D eigenvalue weighted by molar-refractivity contribution is 9.09. The highest BCUT2D eigenvalue weighted by Gasteiger charge is 2.16. The Morgan fingerprint density at radius 1 is 1.21 bits per heavy atom. The Bertz CT molecular complexity index is 119. The summed E-state index contributed by atoms with van der Waals surface area (Å²) in [7, 11) is 0. The average molecular weight is 272 g/mol. The van der Waals surface area contributed by atoms with Crippen LogP contribution in [-0.2, 0) is 0 Å². The zero-order valence-corrected chi connectivity index (χ0v) is 9.92. The van der Waals surface area contributed by atoms with E-state index in [0.717, 1.165) is 13.1 Å². The first-order chi connectivity index (χ1) is 6.74. The topological polar surface area (TPSA) is 43.7 Å². The van der Waals surface area contributed by atoms with E-state index in [2.05, 4.69) is 20.8 Å². The van der Waals surface area contributed by atoms with E-state index in [0.29, 0.717) is 24.7 Å². The van der Waals surface area contributed by atoms with Crippen LogP contribution in [0.3, 0.4) is 0 Å². The highest BCUT2D eigenvalue weighted by atomic mass is 79.9. The van der Waals surface area contributed by atoms with Gasteiger partial charge in [-0.2, -0.15) is 0 Å². The molecule has 0 radical (unpaired) electrons. The maximum absolute atomic E-state index is 12.5. The van der Waals surface area contributed by atoms with Crippen molar-refractivity contribution in [1.82, 2.24) is 4.90 Å². The second-order valence-corrected chi connectivity index (χ2v) is 3.95. The summed E-state index contributed by atoms with van der Waals surface area (Å²) in [6.45, 7) is 2.74. The molecule has 14 heavy (non-hydrogen) atoms. The van der Waals surface area contributed by atoms with Crippen molar-refractivity contribution in [2.75, 3.05) is 38.2 Å². The van der Waals surface area contributed by atoms with E-state index in [1.165, 1.54) is 0 Å².